The van der Waals surface area contributed by atoms with Crippen molar-refractivity contribution in [1.82, 2.24) is 15.1 Å². The van der Waals surface area contributed by atoms with Crippen LogP contribution < -0.4 is 5.32 Å². The molecule has 0 radical (unpaired) electrons. The number of nitrogens with zero attached hydrogens (tertiary/aromatic N) is 2. The Morgan fingerprint density at radius 1 is 1.25 bits per heavy atom. The van der Waals surface area contributed by atoms with Crippen LogP contribution in [0.1, 0.15) is 33.6 Å². The molecule has 0 fully saturated rings. The molecule has 0 saturated carbocycles. The van der Waals surface area contributed by atoms with Crippen molar-refractivity contribution in [2.45, 2.75) is 39.7 Å². The molecule has 2 N–H and O–H groups in total. The van der Waals surface area contributed by atoms with E-state index in [0.29, 0.717) is 13.0 Å². The summed E-state index contributed by atoms with van der Waals surface area (Å²) >= 11 is 0. The number of hydrogen-bond acceptors (Lipinski definition) is 3. The van der Waals surface area contributed by atoms with Crippen LogP contribution in [0, 0.1) is 5.92 Å². The van der Waals surface area contributed by atoms with Crippen molar-refractivity contribution in [2.75, 3.05) is 33.7 Å². The Labute approximate surface area is 122 Å². The Balaban J connectivity index is 4.44. The van der Waals surface area contributed by atoms with Crippen LogP contribution in [0.5, 0.6) is 0 Å². The van der Waals surface area contributed by atoms with Gasteiger partial charge in [-0.1, -0.05) is 13.3 Å². The van der Waals surface area contributed by atoms with Gasteiger partial charge in [0.2, 0.25) is 0 Å². The highest BCUT2D eigenvalue weighted by Gasteiger charge is 2.22. The zero-order chi connectivity index (χ0) is 15.7. The number of carboxylic acids is 1. The lowest BCUT2D eigenvalue weighted by Gasteiger charge is -2.30. The minimum absolute atomic E-state index is 0.0875. The molecule has 2 atom stereocenters. The van der Waals surface area contributed by atoms with E-state index in [4.69, 9.17) is 5.11 Å². The number of nitrogens with one attached hydrogen (secondary N) is 1. The first-order valence-electron chi connectivity index (χ1n) is 7.25. The van der Waals surface area contributed by atoms with Crippen LogP contribution in [0.15, 0.2) is 0 Å². The Bertz CT molecular complexity index is 308. The van der Waals surface area contributed by atoms with Gasteiger partial charge in [0.15, 0.2) is 0 Å². The highest BCUT2D eigenvalue weighted by Crippen LogP contribution is 2.06. The summed E-state index contributed by atoms with van der Waals surface area (Å²) in [5.74, 6) is -1.36. The van der Waals surface area contributed by atoms with Crippen LogP contribution in [-0.2, 0) is 4.79 Å². The monoisotopic (exact) mass is 287 g/mol. The van der Waals surface area contributed by atoms with Gasteiger partial charge in [0.25, 0.3) is 0 Å². The molecule has 2 unspecified atom stereocenters. The second-order valence-electron chi connectivity index (χ2n) is 5.41. The van der Waals surface area contributed by atoms with Crippen LogP contribution >= 0.6 is 0 Å². The maximum atomic E-state index is 12.1. The number of aliphatic carboxylic acids is 1. The van der Waals surface area contributed by atoms with E-state index >= 15 is 0 Å². The van der Waals surface area contributed by atoms with Gasteiger partial charge in [-0.15, -0.1) is 0 Å². The smallest absolute Gasteiger partial charge is 0.317 e. The molecule has 0 aliphatic rings. The van der Waals surface area contributed by atoms with E-state index in [1.165, 1.54) is 0 Å². The average Bonchev–Trinajstić information content (AvgIpc) is 2.33. The molecule has 0 bridgehead atoms. The summed E-state index contributed by atoms with van der Waals surface area (Å²) < 4.78 is 0. The molecule has 6 heteroatoms. The van der Waals surface area contributed by atoms with Gasteiger partial charge in [-0.25, -0.2) is 4.79 Å². The molecule has 0 aromatic heterocycles. The van der Waals surface area contributed by atoms with Crippen LogP contribution in [-0.4, -0.2) is 66.7 Å². The largest absolute Gasteiger partial charge is 0.481 e. The Kier molecular flexibility index (Phi) is 8.96. The standard InChI is InChI=1S/C14H29N3O3/c1-6-8-12(13(18)19)9-15-14(20)17(7-2)11(3)10-16(4)5/h11-12H,6-10H2,1-5H3,(H,15,20)(H,18,19). The number of rotatable bonds is 9. The summed E-state index contributed by atoms with van der Waals surface area (Å²) in [5, 5.41) is 11.8. The summed E-state index contributed by atoms with van der Waals surface area (Å²) in [6.45, 7) is 7.42. The topological polar surface area (TPSA) is 72.9 Å². The Morgan fingerprint density at radius 3 is 2.25 bits per heavy atom. The van der Waals surface area contributed by atoms with E-state index in [9.17, 15) is 9.59 Å². The van der Waals surface area contributed by atoms with Crippen LogP contribution in [0.4, 0.5) is 4.79 Å². The Morgan fingerprint density at radius 2 is 1.85 bits per heavy atom. The third kappa shape index (κ3) is 6.75. The molecule has 0 spiro atoms. The highest BCUT2D eigenvalue weighted by molar-refractivity contribution is 5.76. The lowest BCUT2D eigenvalue weighted by atomic mass is 10.0. The predicted octanol–water partition coefficient (Wildman–Crippen LogP) is 1.47. The van der Waals surface area contributed by atoms with Gasteiger partial charge in [-0.2, -0.15) is 0 Å². The van der Waals surface area contributed by atoms with Gasteiger partial charge in [0.05, 0.1) is 5.92 Å². The van der Waals surface area contributed by atoms with E-state index < -0.39 is 11.9 Å². The fraction of sp³-hybridized carbons (Fsp3) is 0.857. The summed E-state index contributed by atoms with van der Waals surface area (Å²) in [4.78, 5) is 26.9. The molecule has 20 heavy (non-hydrogen) atoms. The molecule has 118 valence electrons. The second kappa shape index (κ2) is 9.58. The SMILES string of the molecule is CCCC(CNC(=O)N(CC)C(C)CN(C)C)C(=O)O. The summed E-state index contributed by atoms with van der Waals surface area (Å²) in [6, 6.07) is -0.103. The van der Waals surface area contributed by atoms with Crippen molar-refractivity contribution in [3.8, 4) is 0 Å². The van der Waals surface area contributed by atoms with Gasteiger partial charge in [-0.05, 0) is 34.4 Å². The molecule has 0 aliphatic heterocycles. The van der Waals surface area contributed by atoms with Crippen LogP contribution in [0.3, 0.4) is 0 Å². The molecule has 0 aliphatic carbocycles. The number of carboxylic acid groups (broad SMARTS) is 1. The summed E-state index contributed by atoms with van der Waals surface area (Å²) in [7, 11) is 3.92. The van der Waals surface area contributed by atoms with E-state index in [1.807, 2.05) is 39.8 Å². The van der Waals surface area contributed by atoms with Crippen molar-refractivity contribution in [1.29, 1.82) is 0 Å². The van der Waals surface area contributed by atoms with Crippen molar-refractivity contribution in [3.63, 3.8) is 0 Å². The Hall–Kier alpha value is -1.30. The molecule has 0 aromatic rings. The minimum Gasteiger partial charge on any atom is -0.481 e. The molecule has 0 heterocycles. The number of hydrogen-bond donors (Lipinski definition) is 2. The van der Waals surface area contributed by atoms with E-state index in [2.05, 4.69) is 5.32 Å². The van der Waals surface area contributed by atoms with Gasteiger partial charge < -0.3 is 20.2 Å². The number of amides is 2. The van der Waals surface area contributed by atoms with Gasteiger partial charge in [-0.3, -0.25) is 4.79 Å². The van der Waals surface area contributed by atoms with Gasteiger partial charge in [0, 0.05) is 25.7 Å². The molecule has 6 nitrogen and oxygen atoms in total. The number of urea groups is 1. The first-order chi connectivity index (χ1) is 9.33. The van der Waals surface area contributed by atoms with Crippen LogP contribution in [0.25, 0.3) is 0 Å². The molecular formula is C14H29N3O3. The van der Waals surface area contributed by atoms with E-state index in [1.54, 1.807) is 4.90 Å². The van der Waals surface area contributed by atoms with E-state index in [-0.39, 0.29) is 18.6 Å². The maximum absolute atomic E-state index is 12.1. The van der Waals surface area contributed by atoms with Gasteiger partial charge >= 0.3 is 12.0 Å². The maximum Gasteiger partial charge on any atom is 0.317 e. The first-order valence-corrected chi connectivity index (χ1v) is 7.25. The molecule has 2 amide bonds. The predicted molar refractivity (Wildman–Crippen MR) is 79.8 cm³/mol. The van der Waals surface area contributed by atoms with Crippen molar-refractivity contribution < 1.29 is 14.7 Å². The lowest BCUT2D eigenvalue weighted by molar-refractivity contribution is -0.141. The summed E-state index contributed by atoms with van der Waals surface area (Å²) in [6.07, 6.45) is 1.37. The normalized spacial score (nSPS) is 13.9. The van der Waals surface area contributed by atoms with Crippen molar-refractivity contribution in [2.24, 2.45) is 5.92 Å². The zero-order valence-electron chi connectivity index (χ0n) is 13.3. The number of carbonyl (C=O) groups excluding carboxylic acids is 1. The molecule has 0 aromatic carbocycles. The third-order valence-corrected chi connectivity index (χ3v) is 3.25. The summed E-state index contributed by atoms with van der Waals surface area (Å²) in [5.41, 5.74) is 0. The first kappa shape index (κ1) is 18.7. The van der Waals surface area contributed by atoms with Gasteiger partial charge in [0.1, 0.15) is 0 Å². The lowest BCUT2D eigenvalue weighted by Crippen LogP contribution is -2.49. The quantitative estimate of drug-likeness (QED) is 0.673. The van der Waals surface area contributed by atoms with Crippen molar-refractivity contribution >= 4 is 12.0 Å². The molecule has 0 saturated heterocycles. The zero-order valence-corrected chi connectivity index (χ0v) is 13.3. The van der Waals surface area contributed by atoms with Crippen molar-refractivity contribution in [3.05, 3.63) is 0 Å². The molecular weight excluding hydrogens is 258 g/mol. The fourth-order valence-electron chi connectivity index (χ4n) is 2.26. The average molecular weight is 287 g/mol. The third-order valence-electron chi connectivity index (χ3n) is 3.25. The number of carbonyl (C=O) groups is 2. The number of likely N-dealkylation sites (N-methyl/N-ethyl adjacent to an activating group) is 2. The van der Waals surface area contributed by atoms with Crippen LogP contribution in [0.2, 0.25) is 0 Å². The molecule has 0 rings (SSSR count). The van der Waals surface area contributed by atoms with E-state index in [0.717, 1.165) is 13.0 Å². The highest BCUT2D eigenvalue weighted by atomic mass is 16.4. The minimum atomic E-state index is -0.850. The second-order valence-corrected chi connectivity index (χ2v) is 5.41. The fourth-order valence-corrected chi connectivity index (χ4v) is 2.26.